The van der Waals surface area contributed by atoms with Crippen LogP contribution in [-0.2, 0) is 6.54 Å². The van der Waals surface area contributed by atoms with Gasteiger partial charge in [-0.1, -0.05) is 18.2 Å². The van der Waals surface area contributed by atoms with Gasteiger partial charge in [-0.25, -0.2) is 0 Å². The van der Waals surface area contributed by atoms with Crippen LogP contribution in [0.15, 0.2) is 35.1 Å². The molecule has 9 fully saturated rings. The van der Waals surface area contributed by atoms with Crippen molar-refractivity contribution in [2.24, 2.45) is 52.3 Å². The predicted octanol–water partition coefficient (Wildman–Crippen LogP) is 9.97. The summed E-state index contributed by atoms with van der Waals surface area (Å²) in [7, 11) is 0. The van der Waals surface area contributed by atoms with Crippen LogP contribution in [0.2, 0.25) is 0 Å². The Morgan fingerprint density at radius 1 is 0.810 bits per heavy atom. The highest BCUT2D eigenvalue weighted by Crippen LogP contribution is 2.62. The van der Waals surface area contributed by atoms with Gasteiger partial charge in [-0.15, -0.1) is 0 Å². The van der Waals surface area contributed by atoms with Crippen LogP contribution in [0.3, 0.4) is 0 Å². The number of rotatable bonds is 14. The molecule has 1 aliphatic heterocycles. The molecule has 0 spiro atoms. The largest absolute Gasteiger partial charge is 0.348 e. The molecule has 8 aliphatic carbocycles. The maximum absolute atomic E-state index is 13.9. The second-order valence-electron chi connectivity index (χ2n) is 22.1. The number of aromatic amines is 1. The number of H-pyrrole nitrogens is 1. The smallest absolute Gasteiger partial charge is 0.254 e. The van der Waals surface area contributed by atoms with Crippen LogP contribution in [0, 0.1) is 73.0 Å². The maximum atomic E-state index is 13.9. The molecule has 2 N–H and O–H groups in total. The molecule has 314 valence electrons. The van der Waals surface area contributed by atoms with Gasteiger partial charge in [-0.2, -0.15) is 0 Å². The van der Waals surface area contributed by atoms with Gasteiger partial charge in [0.1, 0.15) is 0 Å². The summed E-state index contributed by atoms with van der Waals surface area (Å²) in [6.07, 6.45) is 23.9. The van der Waals surface area contributed by atoms with Gasteiger partial charge in [0.15, 0.2) is 0 Å². The van der Waals surface area contributed by atoms with Crippen LogP contribution in [0.5, 0.6) is 0 Å². The average Bonchev–Trinajstić information content (AvgIpc) is 3.47. The summed E-state index contributed by atoms with van der Waals surface area (Å²) in [5.41, 5.74) is 6.48. The average molecular weight is 788 g/mol. The van der Waals surface area contributed by atoms with Gasteiger partial charge in [0.05, 0.1) is 5.56 Å². The Morgan fingerprint density at radius 2 is 1.34 bits per heavy atom. The number of piperidine rings is 1. The number of nitrogens with one attached hydrogen (secondary N) is 2. The second kappa shape index (κ2) is 15.5. The Hall–Kier alpha value is -2.90. The lowest BCUT2D eigenvalue weighted by atomic mass is 9.48. The lowest BCUT2D eigenvalue weighted by Gasteiger charge is -2.58. The first-order valence-corrected chi connectivity index (χ1v) is 24.0. The molecule has 1 aromatic carbocycles. The number of pyridine rings is 1. The molecule has 1 amide bonds. The third kappa shape index (κ3) is 7.56. The van der Waals surface area contributed by atoms with Gasteiger partial charge >= 0.3 is 0 Å². The topological polar surface area (TPSA) is 73.4 Å². The van der Waals surface area contributed by atoms with Crippen molar-refractivity contribution in [2.45, 2.75) is 143 Å². The molecular formula is C51H73N5O2. The van der Waals surface area contributed by atoms with E-state index in [-0.39, 0.29) is 18.0 Å². The van der Waals surface area contributed by atoms with E-state index in [1.807, 2.05) is 26.0 Å². The van der Waals surface area contributed by atoms with Crippen molar-refractivity contribution >= 4 is 16.8 Å². The number of aromatic nitrogens is 2. The van der Waals surface area contributed by atoms with Crippen LogP contribution in [0.1, 0.15) is 149 Å². The number of nitrogens with zero attached hydrogens (tertiary/aromatic N) is 3. The standard InChI is InChI=1S/C51H73N5O2/c1-33-19-34(2)53-48(57)45(33)32-52-49(58)47-36(4)56(46-8-6-5-7-44(46)47)35(3)43-9-13-54(14-10-43)17-18-55(15-11-50-26-37-20-38(27-50)22-39(21-37)28-50)16-12-51-29-40-23-41(30-51)25-42(24-40)31-51/h5-8,19,35,37-43H,9-18,20-32H2,1-4H3,(H,52,58)(H,53,57)/t35-,37?,38?,39?,40?,41?,42?,50?,51?/m1/s1. The van der Waals surface area contributed by atoms with Gasteiger partial charge in [-0.05, 0) is 227 Å². The first-order chi connectivity index (χ1) is 28.0. The lowest BCUT2D eigenvalue weighted by Crippen LogP contribution is -2.49. The third-order valence-electron chi connectivity index (χ3n) is 18.0. The fraction of sp³-hybridized carbons (Fsp3) is 0.725. The van der Waals surface area contributed by atoms with E-state index in [1.165, 1.54) is 65.0 Å². The molecule has 9 aliphatic rings. The molecule has 58 heavy (non-hydrogen) atoms. The van der Waals surface area contributed by atoms with Crippen LogP contribution >= 0.6 is 0 Å². The number of para-hydroxylation sites is 1. The summed E-state index contributed by atoms with van der Waals surface area (Å²) in [6.45, 7) is 16.0. The Balaban J connectivity index is 0.783. The minimum absolute atomic E-state index is 0.107. The highest BCUT2D eigenvalue weighted by Gasteiger charge is 2.52. The monoisotopic (exact) mass is 788 g/mol. The van der Waals surface area contributed by atoms with Gasteiger partial charge in [0.2, 0.25) is 0 Å². The fourth-order valence-corrected chi connectivity index (χ4v) is 16.0. The van der Waals surface area contributed by atoms with Gasteiger partial charge < -0.3 is 24.7 Å². The number of carbonyl (C=O) groups excluding carboxylic acids is 1. The van der Waals surface area contributed by atoms with E-state index in [0.717, 1.165) is 68.9 Å². The Labute approximate surface area is 348 Å². The molecule has 0 radical (unpaired) electrons. The van der Waals surface area contributed by atoms with Crippen molar-refractivity contribution in [2.75, 3.05) is 39.3 Å². The molecule has 1 saturated heterocycles. The van der Waals surface area contributed by atoms with Crippen LogP contribution < -0.4 is 10.9 Å². The Morgan fingerprint density at radius 3 is 1.88 bits per heavy atom. The van der Waals surface area contributed by atoms with Crippen molar-refractivity contribution in [3.05, 3.63) is 68.8 Å². The number of likely N-dealkylation sites (tertiary alicyclic amines) is 1. The van der Waals surface area contributed by atoms with E-state index in [1.54, 1.807) is 77.0 Å². The second-order valence-corrected chi connectivity index (χ2v) is 22.1. The quantitative estimate of drug-likeness (QED) is 0.171. The third-order valence-corrected chi connectivity index (χ3v) is 18.0. The molecule has 3 aromatic rings. The minimum Gasteiger partial charge on any atom is -0.348 e. The molecular weight excluding hydrogens is 715 g/mol. The fourth-order valence-electron chi connectivity index (χ4n) is 16.0. The zero-order valence-corrected chi connectivity index (χ0v) is 36.4. The molecule has 7 heteroatoms. The highest BCUT2D eigenvalue weighted by molar-refractivity contribution is 6.08. The summed E-state index contributed by atoms with van der Waals surface area (Å²) in [6, 6.07) is 10.7. The van der Waals surface area contributed by atoms with Gasteiger partial charge in [-0.3, -0.25) is 9.59 Å². The molecule has 1 atom stereocenters. The lowest BCUT2D eigenvalue weighted by molar-refractivity contribution is -0.0686. The van der Waals surface area contributed by atoms with Gasteiger partial charge in [0, 0.05) is 53.5 Å². The maximum Gasteiger partial charge on any atom is 0.254 e. The zero-order valence-electron chi connectivity index (χ0n) is 36.4. The van der Waals surface area contributed by atoms with Crippen molar-refractivity contribution in [1.29, 1.82) is 0 Å². The van der Waals surface area contributed by atoms with E-state index in [4.69, 9.17) is 0 Å². The van der Waals surface area contributed by atoms with Crippen molar-refractivity contribution in [3.63, 3.8) is 0 Å². The first kappa shape index (κ1) is 39.2. The molecule has 8 saturated carbocycles. The normalized spacial score (nSPS) is 33.5. The number of amides is 1. The molecule has 12 rings (SSSR count). The first-order valence-electron chi connectivity index (χ1n) is 24.0. The van der Waals surface area contributed by atoms with Crippen molar-refractivity contribution in [3.8, 4) is 0 Å². The number of hydrogen-bond acceptors (Lipinski definition) is 4. The van der Waals surface area contributed by atoms with E-state index in [9.17, 15) is 9.59 Å². The van der Waals surface area contributed by atoms with Crippen molar-refractivity contribution < 1.29 is 4.79 Å². The molecule has 2 aromatic heterocycles. The summed E-state index contributed by atoms with van der Waals surface area (Å²) in [5, 5.41) is 4.11. The summed E-state index contributed by atoms with van der Waals surface area (Å²) < 4.78 is 2.45. The van der Waals surface area contributed by atoms with Crippen LogP contribution in [0.4, 0.5) is 0 Å². The number of benzene rings is 1. The number of hydrogen-bond donors (Lipinski definition) is 2. The summed E-state index contributed by atoms with van der Waals surface area (Å²) in [5.74, 6) is 6.76. The van der Waals surface area contributed by atoms with Crippen molar-refractivity contribution in [1.82, 2.24) is 24.7 Å². The molecule has 7 nitrogen and oxygen atoms in total. The number of carbonyl (C=O) groups is 1. The van der Waals surface area contributed by atoms with E-state index < -0.39 is 0 Å². The Kier molecular flexibility index (Phi) is 10.5. The number of fused-ring (bicyclic) bond motifs is 1. The molecule has 8 bridgehead atoms. The summed E-state index contributed by atoms with van der Waals surface area (Å²) in [4.78, 5) is 35.3. The van der Waals surface area contributed by atoms with Crippen LogP contribution in [0.25, 0.3) is 10.9 Å². The SMILES string of the molecule is Cc1cc(C)c(CNC(=O)c2c(C)n([C@H](C)C3CCN(CCN(CCC45CC6CC(CC(C6)C4)C5)CCC45CC6CC(CC(C6)C4)C5)CC3)c3ccccc23)c(=O)[nH]1. The van der Waals surface area contributed by atoms with Crippen LogP contribution in [-0.4, -0.2) is 64.5 Å². The predicted molar refractivity (Wildman–Crippen MR) is 235 cm³/mol. The van der Waals surface area contributed by atoms with E-state index >= 15 is 0 Å². The minimum atomic E-state index is -0.125. The Bertz CT molecular complexity index is 1930. The molecule has 3 heterocycles. The van der Waals surface area contributed by atoms with Gasteiger partial charge in [0.25, 0.3) is 11.5 Å². The van der Waals surface area contributed by atoms with E-state index in [0.29, 0.717) is 28.4 Å². The molecule has 0 unspecified atom stereocenters. The number of aryl methyl sites for hydroxylation is 2. The summed E-state index contributed by atoms with van der Waals surface area (Å²) >= 11 is 0. The van der Waals surface area contributed by atoms with E-state index in [2.05, 4.69) is 56.7 Å². The highest BCUT2D eigenvalue weighted by atomic mass is 16.2. The zero-order chi connectivity index (χ0) is 39.8.